The number of halogens is 2. The molecule has 0 saturated carbocycles. The Morgan fingerprint density at radius 3 is 2.64 bits per heavy atom. The van der Waals surface area contributed by atoms with Crippen LogP contribution in [0.1, 0.15) is 45.1 Å². The maximum Gasteiger partial charge on any atom is 0.259 e. The van der Waals surface area contributed by atoms with E-state index in [1.807, 2.05) is 13.2 Å². The molecule has 0 heterocycles. The SMILES string of the molecule is CCCCCCN(C)CCNC(=O)/C(SC)=C(\C)N=Cc1ccc(Cl)cc1Cl. The van der Waals surface area contributed by atoms with Gasteiger partial charge in [-0.2, -0.15) is 0 Å². The highest BCUT2D eigenvalue weighted by Gasteiger charge is 2.12. The molecule has 0 fully saturated rings. The zero-order valence-corrected chi connectivity index (χ0v) is 19.6. The standard InChI is InChI=1S/C21H31Cl2N3OS/c1-5-6-7-8-12-26(3)13-11-24-21(27)20(28-4)16(2)25-15-17-9-10-18(22)14-19(17)23/h9-10,14-15H,5-8,11-13H2,1-4H3,(H,24,27)/b20-16-,25-15?. The molecule has 0 aromatic heterocycles. The fourth-order valence-electron chi connectivity index (χ4n) is 2.60. The number of nitrogens with one attached hydrogen (secondary N) is 1. The molecule has 0 atom stereocenters. The Morgan fingerprint density at radius 1 is 1.25 bits per heavy atom. The maximum atomic E-state index is 12.5. The fourth-order valence-corrected chi connectivity index (χ4v) is 3.66. The van der Waals surface area contributed by atoms with Crippen molar-refractivity contribution in [2.24, 2.45) is 4.99 Å². The van der Waals surface area contributed by atoms with Crippen molar-refractivity contribution in [2.75, 3.05) is 32.9 Å². The van der Waals surface area contributed by atoms with E-state index in [4.69, 9.17) is 23.2 Å². The lowest BCUT2D eigenvalue weighted by atomic mass is 10.2. The number of benzene rings is 1. The van der Waals surface area contributed by atoms with Crippen LogP contribution in [0.3, 0.4) is 0 Å². The van der Waals surface area contributed by atoms with Gasteiger partial charge in [0.05, 0.1) is 15.6 Å². The van der Waals surface area contributed by atoms with Crippen molar-refractivity contribution in [3.63, 3.8) is 0 Å². The summed E-state index contributed by atoms with van der Waals surface area (Å²) in [7, 11) is 2.09. The van der Waals surface area contributed by atoms with Crippen LogP contribution in [0.25, 0.3) is 0 Å². The predicted octanol–water partition coefficient (Wildman–Crippen LogP) is 5.64. The van der Waals surface area contributed by atoms with Gasteiger partial charge in [0.1, 0.15) is 0 Å². The van der Waals surface area contributed by atoms with Gasteiger partial charge in [0, 0.05) is 29.9 Å². The topological polar surface area (TPSA) is 44.7 Å². The van der Waals surface area contributed by atoms with Crippen LogP contribution in [0, 0.1) is 0 Å². The number of carbonyl (C=O) groups excluding carboxylic acids is 1. The average Bonchev–Trinajstić information content (AvgIpc) is 2.65. The third-order valence-corrected chi connectivity index (χ3v) is 5.72. The maximum absolute atomic E-state index is 12.5. The molecule has 0 spiro atoms. The molecule has 0 aliphatic rings. The molecule has 1 rings (SSSR count). The number of aliphatic imine (C=N–C) groups is 1. The van der Waals surface area contributed by atoms with E-state index in [-0.39, 0.29) is 5.91 Å². The van der Waals surface area contributed by atoms with E-state index in [2.05, 4.69) is 29.2 Å². The molecule has 0 aliphatic carbocycles. The number of rotatable bonds is 12. The van der Waals surface area contributed by atoms with Crippen LogP contribution >= 0.6 is 35.0 Å². The largest absolute Gasteiger partial charge is 0.350 e. The highest BCUT2D eigenvalue weighted by atomic mass is 35.5. The fraction of sp³-hybridized carbons (Fsp3) is 0.524. The minimum atomic E-state index is -0.0938. The van der Waals surface area contributed by atoms with Gasteiger partial charge < -0.3 is 10.2 Å². The molecule has 0 radical (unpaired) electrons. The van der Waals surface area contributed by atoms with Crippen LogP contribution in [0.15, 0.2) is 33.8 Å². The van der Waals surface area contributed by atoms with E-state index in [9.17, 15) is 4.79 Å². The van der Waals surface area contributed by atoms with Gasteiger partial charge in [-0.25, -0.2) is 0 Å². The van der Waals surface area contributed by atoms with E-state index in [1.54, 1.807) is 24.4 Å². The first kappa shape index (κ1) is 25.0. The summed E-state index contributed by atoms with van der Waals surface area (Å²) in [6.45, 7) is 6.56. The van der Waals surface area contributed by atoms with Gasteiger partial charge in [-0.1, -0.05) is 55.5 Å². The molecule has 0 unspecified atom stereocenters. The first-order chi connectivity index (χ1) is 13.4. The van der Waals surface area contributed by atoms with Gasteiger partial charge in [0.15, 0.2) is 0 Å². The van der Waals surface area contributed by atoms with Gasteiger partial charge in [-0.15, -0.1) is 11.8 Å². The van der Waals surface area contributed by atoms with E-state index in [0.717, 1.165) is 18.7 Å². The van der Waals surface area contributed by atoms with Gasteiger partial charge >= 0.3 is 0 Å². The first-order valence-corrected chi connectivity index (χ1v) is 11.6. The number of carbonyl (C=O) groups is 1. The van der Waals surface area contributed by atoms with E-state index in [1.165, 1.54) is 37.4 Å². The van der Waals surface area contributed by atoms with Crippen LogP contribution in [0.4, 0.5) is 0 Å². The monoisotopic (exact) mass is 443 g/mol. The zero-order chi connectivity index (χ0) is 20.9. The van der Waals surface area contributed by atoms with Crippen molar-refractivity contribution < 1.29 is 4.79 Å². The lowest BCUT2D eigenvalue weighted by molar-refractivity contribution is -0.116. The van der Waals surface area contributed by atoms with Crippen molar-refractivity contribution in [1.29, 1.82) is 0 Å². The third-order valence-electron chi connectivity index (χ3n) is 4.27. The molecule has 1 amide bonds. The third kappa shape index (κ3) is 9.46. The number of thioether (sulfide) groups is 1. The molecule has 4 nitrogen and oxygen atoms in total. The molecule has 28 heavy (non-hydrogen) atoms. The normalized spacial score (nSPS) is 12.5. The van der Waals surface area contributed by atoms with Crippen molar-refractivity contribution in [2.45, 2.75) is 39.5 Å². The second-order valence-corrected chi connectivity index (χ2v) is 8.32. The highest BCUT2D eigenvalue weighted by molar-refractivity contribution is 8.03. The summed E-state index contributed by atoms with van der Waals surface area (Å²) in [5.74, 6) is -0.0938. The van der Waals surface area contributed by atoms with Crippen LogP contribution in [0.5, 0.6) is 0 Å². The second-order valence-electron chi connectivity index (χ2n) is 6.66. The van der Waals surface area contributed by atoms with Gasteiger partial charge in [-0.05, 0) is 45.3 Å². The van der Waals surface area contributed by atoms with E-state index >= 15 is 0 Å². The van der Waals surface area contributed by atoms with Crippen LogP contribution in [-0.4, -0.2) is 50.0 Å². The number of amides is 1. The Morgan fingerprint density at radius 2 is 2.00 bits per heavy atom. The smallest absolute Gasteiger partial charge is 0.259 e. The molecule has 156 valence electrons. The number of nitrogens with zero attached hydrogens (tertiary/aromatic N) is 2. The highest BCUT2D eigenvalue weighted by Crippen LogP contribution is 2.21. The van der Waals surface area contributed by atoms with Crippen molar-refractivity contribution in [3.8, 4) is 0 Å². The molecule has 0 saturated heterocycles. The molecular formula is C21H31Cl2N3OS. The lowest BCUT2D eigenvalue weighted by Gasteiger charge is -2.17. The summed E-state index contributed by atoms with van der Waals surface area (Å²) in [6.07, 6.45) is 8.53. The minimum Gasteiger partial charge on any atom is -0.350 e. The van der Waals surface area contributed by atoms with Crippen molar-refractivity contribution in [3.05, 3.63) is 44.4 Å². The van der Waals surface area contributed by atoms with E-state index in [0.29, 0.717) is 27.2 Å². The summed E-state index contributed by atoms with van der Waals surface area (Å²) in [6, 6.07) is 5.23. The summed E-state index contributed by atoms with van der Waals surface area (Å²) in [5, 5.41) is 4.09. The molecule has 0 bridgehead atoms. The quantitative estimate of drug-likeness (QED) is 0.258. The van der Waals surface area contributed by atoms with Crippen molar-refractivity contribution >= 4 is 47.1 Å². The Kier molecular flexibility index (Phi) is 12.6. The number of hydrogen-bond donors (Lipinski definition) is 1. The first-order valence-electron chi connectivity index (χ1n) is 9.59. The number of unbranched alkanes of at least 4 members (excludes halogenated alkanes) is 3. The second kappa shape index (κ2) is 14.0. The molecular weight excluding hydrogens is 413 g/mol. The van der Waals surface area contributed by atoms with Crippen molar-refractivity contribution in [1.82, 2.24) is 10.2 Å². The molecule has 1 aromatic rings. The Bertz CT molecular complexity index is 692. The van der Waals surface area contributed by atoms with Crippen LogP contribution in [-0.2, 0) is 4.79 Å². The van der Waals surface area contributed by atoms with Gasteiger partial charge in [0.2, 0.25) is 0 Å². The summed E-state index contributed by atoms with van der Waals surface area (Å²) < 4.78 is 0. The Labute approximate surface area is 183 Å². The molecule has 1 aromatic carbocycles. The lowest BCUT2D eigenvalue weighted by Crippen LogP contribution is -2.34. The predicted molar refractivity (Wildman–Crippen MR) is 125 cm³/mol. The molecule has 1 N–H and O–H groups in total. The number of hydrogen-bond acceptors (Lipinski definition) is 4. The van der Waals surface area contributed by atoms with Gasteiger partial charge in [-0.3, -0.25) is 9.79 Å². The zero-order valence-electron chi connectivity index (χ0n) is 17.2. The van der Waals surface area contributed by atoms with Crippen LogP contribution < -0.4 is 5.32 Å². The summed E-state index contributed by atoms with van der Waals surface area (Å²) in [5.41, 5.74) is 1.42. The Hall–Kier alpha value is -1.01. The minimum absolute atomic E-state index is 0.0938. The Balaban J connectivity index is 2.57. The van der Waals surface area contributed by atoms with Gasteiger partial charge in [0.25, 0.3) is 5.91 Å². The molecule has 0 aliphatic heterocycles. The average molecular weight is 444 g/mol. The summed E-state index contributed by atoms with van der Waals surface area (Å²) >= 11 is 13.5. The number of allylic oxidation sites excluding steroid dienone is 1. The van der Waals surface area contributed by atoms with Crippen LogP contribution in [0.2, 0.25) is 10.0 Å². The number of likely N-dealkylation sites (N-methyl/N-ethyl adjacent to an activating group) is 1. The molecule has 7 heteroatoms. The summed E-state index contributed by atoms with van der Waals surface area (Å²) in [4.78, 5) is 19.8. The van der Waals surface area contributed by atoms with E-state index < -0.39 is 0 Å².